The molecule has 0 heterocycles. The summed E-state index contributed by atoms with van der Waals surface area (Å²) < 4.78 is 5.42. The fraction of sp³-hybridized carbons (Fsp3) is 0.632. The van der Waals surface area contributed by atoms with E-state index in [9.17, 15) is 9.90 Å². The van der Waals surface area contributed by atoms with E-state index in [0.717, 1.165) is 56.8 Å². The molecule has 0 bridgehead atoms. The van der Waals surface area contributed by atoms with Crippen molar-refractivity contribution in [2.45, 2.75) is 51.7 Å². The number of aliphatic hydroxyl groups excluding tert-OH is 1. The lowest BCUT2D eigenvalue weighted by molar-refractivity contribution is -0.121. The zero-order valence-corrected chi connectivity index (χ0v) is 14.8. The molecule has 3 N–H and O–H groups in total. The molecule has 0 saturated heterocycles. The Morgan fingerprint density at radius 1 is 1.38 bits per heavy atom. The Balaban J connectivity index is 2.04. The summed E-state index contributed by atoms with van der Waals surface area (Å²) in [6.07, 6.45) is 1.94. The number of nitrogens with two attached hydrogens (primary N) is 1. The van der Waals surface area contributed by atoms with Crippen LogP contribution in [0.15, 0.2) is 18.2 Å². The van der Waals surface area contributed by atoms with Gasteiger partial charge in [-0.2, -0.15) is 0 Å². The third kappa shape index (κ3) is 4.79. The van der Waals surface area contributed by atoms with Gasteiger partial charge in [-0.1, -0.05) is 25.1 Å². The van der Waals surface area contributed by atoms with Crippen molar-refractivity contribution in [3.8, 4) is 0 Å². The summed E-state index contributed by atoms with van der Waals surface area (Å²) in [4.78, 5) is 14.1. The number of hydrogen-bond acceptors (Lipinski definition) is 4. The fourth-order valence-electron chi connectivity index (χ4n) is 3.49. The van der Waals surface area contributed by atoms with Crippen LogP contribution in [0.5, 0.6) is 0 Å². The molecular formula is C19H30N2O3. The second kappa shape index (κ2) is 9.16. The average Bonchev–Trinajstić information content (AvgIpc) is 2.87. The van der Waals surface area contributed by atoms with E-state index in [1.165, 1.54) is 5.56 Å². The maximum atomic E-state index is 11.7. The van der Waals surface area contributed by atoms with Crippen LogP contribution >= 0.6 is 0 Å². The van der Waals surface area contributed by atoms with E-state index < -0.39 is 17.9 Å². The minimum atomic E-state index is -0.689. The average molecular weight is 334 g/mol. The molecule has 134 valence electrons. The number of carbonyl (C=O) groups excluding carboxylic acids is 1. The number of aliphatic hydroxyl groups is 1. The van der Waals surface area contributed by atoms with Gasteiger partial charge in [-0.05, 0) is 49.4 Å². The standard InChI is InChI=1S/C19H30N2O3/c1-3-8-21(9-5-10-24-4-2)13-14-6-7-15-12-17(22)18(19(20)23)16(15)11-14/h6-7,11,17-18,22H,3-5,8-10,12-13H2,1-2H3,(H2,20,23)/t17-,18-/m1/s1. The monoisotopic (exact) mass is 334 g/mol. The highest BCUT2D eigenvalue weighted by atomic mass is 16.5. The smallest absolute Gasteiger partial charge is 0.227 e. The SMILES string of the molecule is CCCN(CCCOCC)Cc1ccc2c(c1)[C@@H](C(N)=O)[C@H](O)C2. The second-order valence-electron chi connectivity index (χ2n) is 6.51. The lowest BCUT2D eigenvalue weighted by Gasteiger charge is -2.22. The van der Waals surface area contributed by atoms with Crippen LogP contribution in [0, 0.1) is 0 Å². The Bertz CT molecular complexity index is 547. The van der Waals surface area contributed by atoms with Crippen LogP contribution in [-0.2, 0) is 22.5 Å². The highest BCUT2D eigenvalue weighted by molar-refractivity contribution is 5.84. The first-order chi connectivity index (χ1) is 11.6. The van der Waals surface area contributed by atoms with Crippen molar-refractivity contribution in [1.82, 2.24) is 4.90 Å². The Morgan fingerprint density at radius 3 is 2.83 bits per heavy atom. The van der Waals surface area contributed by atoms with Crippen molar-refractivity contribution < 1.29 is 14.6 Å². The van der Waals surface area contributed by atoms with Crippen molar-refractivity contribution in [3.63, 3.8) is 0 Å². The van der Waals surface area contributed by atoms with Gasteiger partial charge in [0.05, 0.1) is 12.0 Å². The maximum absolute atomic E-state index is 11.7. The fourth-order valence-corrected chi connectivity index (χ4v) is 3.49. The van der Waals surface area contributed by atoms with E-state index in [2.05, 4.69) is 17.9 Å². The normalized spacial score (nSPS) is 19.7. The molecule has 1 amide bonds. The van der Waals surface area contributed by atoms with Crippen molar-refractivity contribution in [2.24, 2.45) is 5.73 Å². The van der Waals surface area contributed by atoms with Gasteiger partial charge in [0, 0.05) is 26.3 Å². The van der Waals surface area contributed by atoms with Gasteiger partial charge in [0.1, 0.15) is 0 Å². The van der Waals surface area contributed by atoms with Gasteiger partial charge in [0.2, 0.25) is 5.91 Å². The summed E-state index contributed by atoms with van der Waals surface area (Å²) in [7, 11) is 0. The molecule has 1 aromatic rings. The van der Waals surface area contributed by atoms with E-state index >= 15 is 0 Å². The van der Waals surface area contributed by atoms with Crippen molar-refractivity contribution in [2.75, 3.05) is 26.3 Å². The minimum Gasteiger partial charge on any atom is -0.392 e. The number of benzene rings is 1. The van der Waals surface area contributed by atoms with Gasteiger partial charge >= 0.3 is 0 Å². The molecule has 0 unspecified atom stereocenters. The number of amides is 1. The molecule has 0 fully saturated rings. The molecule has 0 aliphatic heterocycles. The predicted molar refractivity (Wildman–Crippen MR) is 94.8 cm³/mol. The first-order valence-corrected chi connectivity index (χ1v) is 8.96. The lowest BCUT2D eigenvalue weighted by atomic mass is 9.97. The quantitative estimate of drug-likeness (QED) is 0.640. The zero-order chi connectivity index (χ0) is 17.5. The number of hydrogen-bond donors (Lipinski definition) is 2. The third-order valence-electron chi connectivity index (χ3n) is 4.58. The third-order valence-corrected chi connectivity index (χ3v) is 4.58. The van der Waals surface area contributed by atoms with Crippen LogP contribution in [0.2, 0.25) is 0 Å². The van der Waals surface area contributed by atoms with E-state index in [0.29, 0.717) is 6.42 Å². The summed E-state index contributed by atoms with van der Waals surface area (Å²) in [6, 6.07) is 6.17. The van der Waals surface area contributed by atoms with Crippen LogP contribution in [0.25, 0.3) is 0 Å². The van der Waals surface area contributed by atoms with Crippen LogP contribution in [0.1, 0.15) is 49.3 Å². The van der Waals surface area contributed by atoms with Crippen LogP contribution < -0.4 is 5.73 Å². The van der Waals surface area contributed by atoms with Crippen LogP contribution in [0.4, 0.5) is 0 Å². The number of rotatable bonds is 10. The summed E-state index contributed by atoms with van der Waals surface area (Å²) in [6.45, 7) is 8.61. The predicted octanol–water partition coefficient (Wildman–Crippen LogP) is 1.81. The number of carbonyl (C=O) groups is 1. The van der Waals surface area contributed by atoms with Gasteiger partial charge in [0.25, 0.3) is 0 Å². The lowest BCUT2D eigenvalue weighted by Crippen LogP contribution is -2.28. The molecule has 1 aliphatic rings. The van der Waals surface area contributed by atoms with Crippen molar-refractivity contribution >= 4 is 5.91 Å². The molecule has 5 heteroatoms. The molecule has 0 radical (unpaired) electrons. The Labute approximate surface area is 144 Å². The highest BCUT2D eigenvalue weighted by Gasteiger charge is 2.35. The van der Waals surface area contributed by atoms with Crippen molar-refractivity contribution in [1.29, 1.82) is 0 Å². The molecule has 24 heavy (non-hydrogen) atoms. The first-order valence-electron chi connectivity index (χ1n) is 8.96. The highest BCUT2D eigenvalue weighted by Crippen LogP contribution is 2.34. The van der Waals surface area contributed by atoms with Crippen LogP contribution in [-0.4, -0.2) is 48.3 Å². The minimum absolute atomic E-state index is 0.444. The van der Waals surface area contributed by atoms with Crippen LogP contribution in [0.3, 0.4) is 0 Å². The number of primary amides is 1. The van der Waals surface area contributed by atoms with E-state index in [1.54, 1.807) is 0 Å². The van der Waals surface area contributed by atoms with E-state index in [-0.39, 0.29) is 0 Å². The Hall–Kier alpha value is -1.43. The molecule has 1 aliphatic carbocycles. The molecule has 0 spiro atoms. The summed E-state index contributed by atoms with van der Waals surface area (Å²) >= 11 is 0. The molecule has 1 aromatic carbocycles. The van der Waals surface area contributed by atoms with Gasteiger partial charge in [-0.3, -0.25) is 9.69 Å². The Morgan fingerprint density at radius 2 is 2.17 bits per heavy atom. The maximum Gasteiger partial charge on any atom is 0.227 e. The van der Waals surface area contributed by atoms with Gasteiger partial charge in [0.15, 0.2) is 0 Å². The van der Waals surface area contributed by atoms with E-state index in [4.69, 9.17) is 10.5 Å². The second-order valence-corrected chi connectivity index (χ2v) is 6.51. The molecule has 2 atom stereocenters. The van der Waals surface area contributed by atoms with Gasteiger partial charge in [-0.15, -0.1) is 0 Å². The number of nitrogens with zero attached hydrogens (tertiary/aromatic N) is 1. The first kappa shape index (κ1) is 18.9. The summed E-state index contributed by atoms with van der Waals surface area (Å²) in [5.74, 6) is -1.02. The number of ether oxygens (including phenoxy) is 1. The van der Waals surface area contributed by atoms with E-state index in [1.807, 2.05) is 19.1 Å². The molecule has 0 aromatic heterocycles. The molecular weight excluding hydrogens is 304 g/mol. The summed E-state index contributed by atoms with van der Waals surface area (Å²) in [5.41, 5.74) is 8.58. The van der Waals surface area contributed by atoms with Gasteiger partial charge < -0.3 is 15.6 Å². The topological polar surface area (TPSA) is 75.8 Å². The zero-order valence-electron chi connectivity index (χ0n) is 14.8. The molecule has 0 saturated carbocycles. The van der Waals surface area contributed by atoms with Crippen molar-refractivity contribution in [3.05, 3.63) is 34.9 Å². The Kier molecular flexibility index (Phi) is 7.21. The molecule has 5 nitrogen and oxygen atoms in total. The number of fused-ring (bicyclic) bond motifs is 1. The molecule has 2 rings (SSSR count). The summed E-state index contributed by atoms with van der Waals surface area (Å²) in [5, 5.41) is 10.1. The largest absolute Gasteiger partial charge is 0.392 e. The van der Waals surface area contributed by atoms with Gasteiger partial charge in [-0.25, -0.2) is 0 Å².